The number of rotatable bonds is 3. The van der Waals surface area contributed by atoms with Gasteiger partial charge in [-0.3, -0.25) is 9.69 Å². The molecule has 3 nitrogen and oxygen atoms in total. The molecule has 0 atom stereocenters. The van der Waals surface area contributed by atoms with Crippen molar-refractivity contribution < 1.29 is 9.53 Å². The van der Waals surface area contributed by atoms with Crippen LogP contribution in [0.15, 0.2) is 24.3 Å². The van der Waals surface area contributed by atoms with Gasteiger partial charge in [-0.05, 0) is 24.3 Å². The maximum Gasteiger partial charge on any atom is 0.176 e. The zero-order valence-corrected chi connectivity index (χ0v) is 9.74. The van der Waals surface area contributed by atoms with Crippen LogP contribution in [0.4, 0.5) is 0 Å². The van der Waals surface area contributed by atoms with E-state index in [1.165, 1.54) is 0 Å². The van der Waals surface area contributed by atoms with Crippen molar-refractivity contribution in [2.24, 2.45) is 0 Å². The van der Waals surface area contributed by atoms with Crippen LogP contribution < -0.4 is 0 Å². The van der Waals surface area contributed by atoms with Crippen LogP contribution in [0.3, 0.4) is 0 Å². The third kappa shape index (κ3) is 3.04. The van der Waals surface area contributed by atoms with Crippen molar-refractivity contribution in [2.45, 2.75) is 0 Å². The van der Waals surface area contributed by atoms with Crippen LogP contribution >= 0.6 is 11.6 Å². The van der Waals surface area contributed by atoms with Crippen LogP contribution in [-0.4, -0.2) is 43.5 Å². The largest absolute Gasteiger partial charge is 0.379 e. The summed E-state index contributed by atoms with van der Waals surface area (Å²) in [5.41, 5.74) is 0.718. The fraction of sp³-hybridized carbons (Fsp3) is 0.417. The number of morpholine rings is 1. The average Bonchev–Trinajstić information content (AvgIpc) is 2.31. The molecule has 1 aliphatic heterocycles. The van der Waals surface area contributed by atoms with Crippen molar-refractivity contribution in [3.63, 3.8) is 0 Å². The minimum absolute atomic E-state index is 0.138. The van der Waals surface area contributed by atoms with Crippen molar-refractivity contribution in [3.8, 4) is 0 Å². The Bertz CT molecular complexity index is 358. The second-order valence-corrected chi connectivity index (χ2v) is 4.26. The Morgan fingerprint density at radius 3 is 2.50 bits per heavy atom. The summed E-state index contributed by atoms with van der Waals surface area (Å²) in [6.07, 6.45) is 0. The topological polar surface area (TPSA) is 29.5 Å². The Balaban J connectivity index is 1.94. The van der Waals surface area contributed by atoms with Gasteiger partial charge in [0.05, 0.1) is 19.8 Å². The monoisotopic (exact) mass is 239 g/mol. The van der Waals surface area contributed by atoms with E-state index in [0.29, 0.717) is 24.8 Å². The van der Waals surface area contributed by atoms with E-state index in [1.807, 2.05) is 0 Å². The maximum absolute atomic E-state index is 11.9. The Morgan fingerprint density at radius 2 is 1.88 bits per heavy atom. The fourth-order valence-corrected chi connectivity index (χ4v) is 1.82. The van der Waals surface area contributed by atoms with E-state index in [0.717, 1.165) is 18.7 Å². The van der Waals surface area contributed by atoms with Crippen molar-refractivity contribution in [2.75, 3.05) is 32.8 Å². The number of carbonyl (C=O) groups is 1. The predicted molar refractivity (Wildman–Crippen MR) is 63.0 cm³/mol. The molecule has 0 aromatic heterocycles. The number of nitrogens with zero attached hydrogens (tertiary/aromatic N) is 1. The Kier molecular flexibility index (Phi) is 3.93. The minimum atomic E-state index is 0.138. The van der Waals surface area contributed by atoms with E-state index >= 15 is 0 Å². The molecule has 0 N–H and O–H groups in total. The molecule has 4 heteroatoms. The molecule has 0 radical (unpaired) electrons. The molecule has 1 aliphatic rings. The summed E-state index contributed by atoms with van der Waals surface area (Å²) in [6, 6.07) is 7.03. The first-order valence-electron chi connectivity index (χ1n) is 5.34. The summed E-state index contributed by atoms with van der Waals surface area (Å²) in [7, 11) is 0. The third-order valence-corrected chi connectivity index (χ3v) is 2.89. The Morgan fingerprint density at radius 1 is 1.25 bits per heavy atom. The van der Waals surface area contributed by atoms with E-state index in [1.54, 1.807) is 24.3 Å². The Labute approximate surface area is 100.0 Å². The first-order valence-corrected chi connectivity index (χ1v) is 5.72. The number of hydrogen-bond donors (Lipinski definition) is 0. The lowest BCUT2D eigenvalue weighted by atomic mass is 10.1. The fourth-order valence-electron chi connectivity index (χ4n) is 1.69. The average molecular weight is 240 g/mol. The lowest BCUT2D eigenvalue weighted by Crippen LogP contribution is -2.39. The number of hydrogen-bond acceptors (Lipinski definition) is 3. The van der Waals surface area contributed by atoms with E-state index in [-0.39, 0.29) is 5.78 Å². The molecule has 0 aliphatic carbocycles. The normalized spacial score (nSPS) is 17.3. The molecule has 1 heterocycles. The SMILES string of the molecule is O=C(CN1CCOCC1)c1ccc(Cl)cc1. The molecular weight excluding hydrogens is 226 g/mol. The van der Waals surface area contributed by atoms with Crippen LogP contribution in [0.2, 0.25) is 5.02 Å². The second kappa shape index (κ2) is 5.43. The molecule has 0 saturated carbocycles. The molecule has 1 fully saturated rings. The number of benzene rings is 1. The highest BCUT2D eigenvalue weighted by atomic mass is 35.5. The molecule has 0 amide bonds. The highest BCUT2D eigenvalue weighted by molar-refractivity contribution is 6.30. The van der Waals surface area contributed by atoms with Crippen LogP contribution in [0.5, 0.6) is 0 Å². The summed E-state index contributed by atoms with van der Waals surface area (Å²) in [4.78, 5) is 14.0. The number of halogens is 1. The van der Waals surface area contributed by atoms with Gasteiger partial charge < -0.3 is 4.74 Å². The summed E-state index contributed by atoms with van der Waals surface area (Å²) in [5.74, 6) is 0.138. The van der Waals surface area contributed by atoms with E-state index in [2.05, 4.69) is 4.90 Å². The summed E-state index contributed by atoms with van der Waals surface area (Å²) in [5, 5.41) is 0.655. The van der Waals surface area contributed by atoms with Crippen molar-refractivity contribution in [3.05, 3.63) is 34.9 Å². The molecular formula is C12H14ClNO2. The lowest BCUT2D eigenvalue weighted by molar-refractivity contribution is 0.0371. The molecule has 0 unspecified atom stereocenters. The van der Waals surface area contributed by atoms with Gasteiger partial charge in [-0.1, -0.05) is 11.6 Å². The molecule has 0 bridgehead atoms. The number of carbonyl (C=O) groups excluding carboxylic acids is 1. The smallest absolute Gasteiger partial charge is 0.176 e. The van der Waals surface area contributed by atoms with E-state index < -0.39 is 0 Å². The van der Waals surface area contributed by atoms with Gasteiger partial charge in [-0.15, -0.1) is 0 Å². The van der Waals surface area contributed by atoms with E-state index in [4.69, 9.17) is 16.3 Å². The summed E-state index contributed by atoms with van der Waals surface area (Å²) in [6.45, 7) is 3.56. The standard InChI is InChI=1S/C12H14ClNO2/c13-11-3-1-10(2-4-11)12(15)9-14-5-7-16-8-6-14/h1-4H,5-9H2. The van der Waals surface area contributed by atoms with Crippen LogP contribution in [0.25, 0.3) is 0 Å². The van der Waals surface area contributed by atoms with E-state index in [9.17, 15) is 4.79 Å². The van der Waals surface area contributed by atoms with Gasteiger partial charge in [0.2, 0.25) is 0 Å². The summed E-state index contributed by atoms with van der Waals surface area (Å²) >= 11 is 5.77. The minimum Gasteiger partial charge on any atom is -0.379 e. The second-order valence-electron chi connectivity index (χ2n) is 3.82. The number of Topliss-reactive ketones (excluding diaryl/α,β-unsaturated/α-hetero) is 1. The first kappa shape index (κ1) is 11.6. The quantitative estimate of drug-likeness (QED) is 0.754. The van der Waals surface area contributed by atoms with Crippen molar-refractivity contribution in [1.82, 2.24) is 4.90 Å². The molecule has 2 rings (SSSR count). The molecule has 1 saturated heterocycles. The first-order chi connectivity index (χ1) is 7.75. The van der Waals surface area contributed by atoms with Crippen LogP contribution in [0.1, 0.15) is 10.4 Å². The predicted octanol–water partition coefficient (Wildman–Crippen LogP) is 1.85. The van der Waals surface area contributed by atoms with Gasteiger partial charge in [0.15, 0.2) is 5.78 Å². The van der Waals surface area contributed by atoms with Crippen molar-refractivity contribution in [1.29, 1.82) is 0 Å². The van der Waals surface area contributed by atoms with Gasteiger partial charge in [-0.2, -0.15) is 0 Å². The van der Waals surface area contributed by atoms with Gasteiger partial charge >= 0.3 is 0 Å². The molecule has 16 heavy (non-hydrogen) atoms. The molecule has 1 aromatic carbocycles. The molecule has 1 aromatic rings. The highest BCUT2D eigenvalue weighted by Crippen LogP contribution is 2.10. The molecule has 86 valence electrons. The highest BCUT2D eigenvalue weighted by Gasteiger charge is 2.15. The Hall–Kier alpha value is -0.900. The zero-order valence-electron chi connectivity index (χ0n) is 8.99. The molecule has 0 spiro atoms. The van der Waals surface area contributed by atoms with Gasteiger partial charge in [-0.25, -0.2) is 0 Å². The van der Waals surface area contributed by atoms with Gasteiger partial charge in [0.25, 0.3) is 0 Å². The van der Waals surface area contributed by atoms with Gasteiger partial charge in [0, 0.05) is 23.7 Å². The third-order valence-electron chi connectivity index (χ3n) is 2.64. The van der Waals surface area contributed by atoms with Crippen LogP contribution in [0, 0.1) is 0 Å². The van der Waals surface area contributed by atoms with Crippen molar-refractivity contribution >= 4 is 17.4 Å². The lowest BCUT2D eigenvalue weighted by Gasteiger charge is -2.25. The number of ether oxygens (including phenoxy) is 1. The van der Waals surface area contributed by atoms with Gasteiger partial charge in [0.1, 0.15) is 0 Å². The zero-order chi connectivity index (χ0) is 11.4. The number of ketones is 1. The van der Waals surface area contributed by atoms with Crippen LogP contribution in [-0.2, 0) is 4.74 Å². The maximum atomic E-state index is 11.9. The summed E-state index contributed by atoms with van der Waals surface area (Å²) < 4.78 is 5.23.